The lowest BCUT2D eigenvalue weighted by atomic mass is 9.82. The molecule has 7 nitrogen and oxygen atoms in total. The second-order valence-electron chi connectivity index (χ2n) is 5.12. The number of carboxylic acid groups (broad SMARTS) is 1. The van der Waals surface area contributed by atoms with Crippen molar-refractivity contribution in [1.82, 2.24) is 15.1 Å². The molecule has 118 valence electrons. The van der Waals surface area contributed by atoms with Gasteiger partial charge in [-0.05, 0) is 19.3 Å². The van der Waals surface area contributed by atoms with Crippen molar-refractivity contribution in [3.63, 3.8) is 0 Å². The summed E-state index contributed by atoms with van der Waals surface area (Å²) in [7, 11) is 1.78. The van der Waals surface area contributed by atoms with Crippen LogP contribution in [-0.4, -0.2) is 33.4 Å². The van der Waals surface area contributed by atoms with Crippen LogP contribution in [0.4, 0.5) is 10.5 Å². The standard InChI is InChI=1S/C14H24N4O3/c1-5-10-11(8-18(4)17-10)16-13(21)15-9-14(6-2,7-3)12(19)20/h8H,5-7,9H2,1-4H3,(H,19,20)(H2,15,16,21). The van der Waals surface area contributed by atoms with Gasteiger partial charge in [-0.15, -0.1) is 0 Å². The molecule has 0 unspecified atom stereocenters. The van der Waals surface area contributed by atoms with Crippen molar-refractivity contribution in [3.8, 4) is 0 Å². The second-order valence-corrected chi connectivity index (χ2v) is 5.12. The largest absolute Gasteiger partial charge is 0.481 e. The lowest BCUT2D eigenvalue weighted by Crippen LogP contribution is -2.43. The molecule has 1 aromatic heterocycles. The number of carboxylic acids is 1. The minimum Gasteiger partial charge on any atom is -0.481 e. The van der Waals surface area contributed by atoms with Crippen LogP contribution in [0, 0.1) is 5.41 Å². The van der Waals surface area contributed by atoms with Gasteiger partial charge in [-0.25, -0.2) is 4.79 Å². The first-order valence-electron chi connectivity index (χ1n) is 7.19. The van der Waals surface area contributed by atoms with Crippen LogP contribution in [0.15, 0.2) is 6.20 Å². The molecule has 0 saturated carbocycles. The number of rotatable bonds is 7. The van der Waals surface area contributed by atoms with Gasteiger partial charge in [0.2, 0.25) is 0 Å². The van der Waals surface area contributed by atoms with Gasteiger partial charge in [-0.3, -0.25) is 9.48 Å². The third kappa shape index (κ3) is 3.96. The summed E-state index contributed by atoms with van der Waals surface area (Å²) in [5.41, 5.74) is 0.523. The Morgan fingerprint density at radius 1 is 1.33 bits per heavy atom. The Labute approximate surface area is 124 Å². The summed E-state index contributed by atoms with van der Waals surface area (Å²) >= 11 is 0. The molecule has 0 radical (unpaired) electrons. The number of aromatic nitrogens is 2. The zero-order valence-electron chi connectivity index (χ0n) is 13.1. The van der Waals surface area contributed by atoms with E-state index in [4.69, 9.17) is 0 Å². The van der Waals surface area contributed by atoms with E-state index in [1.54, 1.807) is 17.9 Å². The van der Waals surface area contributed by atoms with E-state index in [0.717, 1.165) is 5.69 Å². The molecule has 0 fully saturated rings. The number of amides is 2. The van der Waals surface area contributed by atoms with E-state index in [-0.39, 0.29) is 6.54 Å². The molecule has 1 rings (SSSR count). The maximum Gasteiger partial charge on any atom is 0.319 e. The third-order valence-corrected chi connectivity index (χ3v) is 3.88. The average Bonchev–Trinajstić information content (AvgIpc) is 2.80. The zero-order valence-corrected chi connectivity index (χ0v) is 13.1. The number of nitrogens with zero attached hydrogens (tertiary/aromatic N) is 2. The van der Waals surface area contributed by atoms with Crippen molar-refractivity contribution >= 4 is 17.7 Å². The maximum absolute atomic E-state index is 11.9. The van der Waals surface area contributed by atoms with Crippen LogP contribution in [-0.2, 0) is 18.3 Å². The minimum absolute atomic E-state index is 0.100. The first-order valence-corrected chi connectivity index (χ1v) is 7.19. The first-order chi connectivity index (χ1) is 9.88. The van der Waals surface area contributed by atoms with Crippen molar-refractivity contribution in [2.24, 2.45) is 12.5 Å². The molecule has 7 heteroatoms. The lowest BCUT2D eigenvalue weighted by Gasteiger charge is -2.26. The molecule has 0 aliphatic heterocycles. The summed E-state index contributed by atoms with van der Waals surface area (Å²) in [6, 6.07) is -0.412. The summed E-state index contributed by atoms with van der Waals surface area (Å²) in [5, 5.41) is 18.9. The average molecular weight is 296 g/mol. The summed E-state index contributed by atoms with van der Waals surface area (Å²) < 4.78 is 1.63. The van der Waals surface area contributed by atoms with E-state index in [9.17, 15) is 14.7 Å². The fraction of sp³-hybridized carbons (Fsp3) is 0.643. The minimum atomic E-state index is -0.917. The summed E-state index contributed by atoms with van der Waals surface area (Å²) in [4.78, 5) is 23.3. The van der Waals surface area contributed by atoms with Gasteiger partial charge in [-0.1, -0.05) is 20.8 Å². The Morgan fingerprint density at radius 3 is 2.43 bits per heavy atom. The van der Waals surface area contributed by atoms with Gasteiger partial charge in [-0.2, -0.15) is 5.10 Å². The number of anilines is 1. The molecule has 3 N–H and O–H groups in total. The summed E-state index contributed by atoms with van der Waals surface area (Å²) in [6.45, 7) is 5.68. The SMILES string of the molecule is CCc1nn(C)cc1NC(=O)NCC(CC)(CC)C(=O)O. The van der Waals surface area contributed by atoms with E-state index in [1.165, 1.54) is 0 Å². The van der Waals surface area contributed by atoms with Gasteiger partial charge in [0, 0.05) is 19.8 Å². The summed E-state index contributed by atoms with van der Waals surface area (Å²) in [5.74, 6) is -0.886. The Hall–Kier alpha value is -2.05. The number of aliphatic carboxylic acids is 1. The highest BCUT2D eigenvalue weighted by Crippen LogP contribution is 2.25. The molecule has 0 aliphatic rings. The normalized spacial score (nSPS) is 11.2. The molecular weight excluding hydrogens is 272 g/mol. The van der Waals surface area contributed by atoms with Crippen molar-refractivity contribution in [1.29, 1.82) is 0 Å². The van der Waals surface area contributed by atoms with E-state index in [2.05, 4.69) is 15.7 Å². The van der Waals surface area contributed by atoms with Gasteiger partial charge in [0.25, 0.3) is 0 Å². The van der Waals surface area contributed by atoms with E-state index in [0.29, 0.717) is 24.9 Å². The van der Waals surface area contributed by atoms with Crippen LogP contribution in [0.25, 0.3) is 0 Å². The van der Waals surface area contributed by atoms with Crippen molar-refractivity contribution in [2.75, 3.05) is 11.9 Å². The predicted molar refractivity (Wildman–Crippen MR) is 80.3 cm³/mol. The number of carbonyl (C=O) groups excluding carboxylic acids is 1. The van der Waals surface area contributed by atoms with Crippen LogP contribution in [0.3, 0.4) is 0 Å². The van der Waals surface area contributed by atoms with Crippen molar-refractivity contribution < 1.29 is 14.7 Å². The summed E-state index contributed by atoms with van der Waals surface area (Å²) in [6.07, 6.45) is 3.36. The van der Waals surface area contributed by atoms with Crippen LogP contribution in [0.1, 0.15) is 39.3 Å². The highest BCUT2D eigenvalue weighted by atomic mass is 16.4. The van der Waals surface area contributed by atoms with Crippen LogP contribution >= 0.6 is 0 Å². The molecule has 0 atom stereocenters. The number of aryl methyl sites for hydroxylation is 2. The molecular formula is C14H24N4O3. The monoisotopic (exact) mass is 296 g/mol. The van der Waals surface area contributed by atoms with Crippen LogP contribution < -0.4 is 10.6 Å². The Kier molecular flexibility index (Phi) is 5.75. The molecule has 1 aromatic rings. The van der Waals surface area contributed by atoms with E-state index in [1.807, 2.05) is 20.8 Å². The number of hydrogen-bond donors (Lipinski definition) is 3. The van der Waals surface area contributed by atoms with Gasteiger partial charge < -0.3 is 15.7 Å². The third-order valence-electron chi connectivity index (χ3n) is 3.88. The molecule has 21 heavy (non-hydrogen) atoms. The molecule has 0 spiro atoms. The molecule has 2 amide bonds. The number of urea groups is 1. The molecule has 0 aliphatic carbocycles. The smallest absolute Gasteiger partial charge is 0.319 e. The zero-order chi connectivity index (χ0) is 16.0. The Balaban J connectivity index is 2.67. The topological polar surface area (TPSA) is 96.3 Å². The van der Waals surface area contributed by atoms with Gasteiger partial charge in [0.1, 0.15) is 0 Å². The second kappa shape index (κ2) is 7.10. The number of carbonyl (C=O) groups is 2. The Morgan fingerprint density at radius 2 is 1.95 bits per heavy atom. The van der Waals surface area contributed by atoms with Crippen LogP contribution in [0.2, 0.25) is 0 Å². The van der Waals surface area contributed by atoms with Crippen LogP contribution in [0.5, 0.6) is 0 Å². The predicted octanol–water partition coefficient (Wildman–Crippen LogP) is 1.99. The number of hydrogen-bond acceptors (Lipinski definition) is 3. The van der Waals surface area contributed by atoms with Gasteiger partial charge in [0.05, 0.1) is 16.8 Å². The molecule has 0 bridgehead atoms. The number of nitrogens with one attached hydrogen (secondary N) is 2. The van der Waals surface area contributed by atoms with Gasteiger partial charge >= 0.3 is 12.0 Å². The lowest BCUT2D eigenvalue weighted by molar-refractivity contribution is -0.149. The fourth-order valence-corrected chi connectivity index (χ4v) is 2.19. The fourth-order valence-electron chi connectivity index (χ4n) is 2.19. The highest BCUT2D eigenvalue weighted by molar-refractivity contribution is 5.90. The molecule has 0 saturated heterocycles. The van der Waals surface area contributed by atoms with Gasteiger partial charge in [0.15, 0.2) is 0 Å². The quantitative estimate of drug-likeness (QED) is 0.717. The van der Waals surface area contributed by atoms with E-state index >= 15 is 0 Å². The van der Waals surface area contributed by atoms with Crippen molar-refractivity contribution in [3.05, 3.63) is 11.9 Å². The van der Waals surface area contributed by atoms with E-state index < -0.39 is 17.4 Å². The first kappa shape index (κ1) is 17.0. The molecule has 1 heterocycles. The Bertz CT molecular complexity index is 506. The maximum atomic E-state index is 11.9. The van der Waals surface area contributed by atoms with Crippen molar-refractivity contribution in [2.45, 2.75) is 40.0 Å². The highest BCUT2D eigenvalue weighted by Gasteiger charge is 2.35. The molecule has 0 aromatic carbocycles.